The standard InChI is InChI=1S/C8H12N2O2/c1-2-12-8(11)3-7-4-9-6-10-5-7/h4-5,9H,2-3,6H2,1H3. The number of carbonyl (C=O) groups excluding carboxylic acids is 1. The van der Waals surface area contributed by atoms with Gasteiger partial charge in [0.1, 0.15) is 6.67 Å². The second-order valence-corrected chi connectivity index (χ2v) is 2.37. The largest absolute Gasteiger partial charge is 0.466 e. The molecule has 0 aromatic rings. The SMILES string of the molecule is CCOC(=O)CC1=CNCN=C1. The number of hydrogen-bond donors (Lipinski definition) is 1. The summed E-state index contributed by atoms with van der Waals surface area (Å²) in [5.41, 5.74) is 0.861. The average molecular weight is 168 g/mol. The Balaban J connectivity index is 2.35. The van der Waals surface area contributed by atoms with Gasteiger partial charge in [0, 0.05) is 12.4 Å². The van der Waals surface area contributed by atoms with Gasteiger partial charge in [-0.15, -0.1) is 0 Å². The van der Waals surface area contributed by atoms with Crippen LogP contribution in [0.1, 0.15) is 13.3 Å². The summed E-state index contributed by atoms with van der Waals surface area (Å²) in [5.74, 6) is -0.209. The summed E-state index contributed by atoms with van der Waals surface area (Å²) >= 11 is 0. The lowest BCUT2D eigenvalue weighted by Crippen LogP contribution is -2.14. The summed E-state index contributed by atoms with van der Waals surface area (Å²) in [6, 6.07) is 0. The molecule has 0 fully saturated rings. The van der Waals surface area contributed by atoms with Crippen molar-refractivity contribution < 1.29 is 9.53 Å². The van der Waals surface area contributed by atoms with Gasteiger partial charge in [0.05, 0.1) is 13.0 Å². The highest BCUT2D eigenvalue weighted by atomic mass is 16.5. The molecule has 12 heavy (non-hydrogen) atoms. The van der Waals surface area contributed by atoms with Gasteiger partial charge in [-0.2, -0.15) is 0 Å². The van der Waals surface area contributed by atoms with Crippen molar-refractivity contribution in [2.45, 2.75) is 13.3 Å². The van der Waals surface area contributed by atoms with Gasteiger partial charge >= 0.3 is 5.97 Å². The maximum atomic E-state index is 11.0. The zero-order valence-corrected chi connectivity index (χ0v) is 7.04. The molecule has 0 aromatic heterocycles. The minimum Gasteiger partial charge on any atom is -0.466 e. The van der Waals surface area contributed by atoms with E-state index in [1.54, 1.807) is 19.3 Å². The highest BCUT2D eigenvalue weighted by Gasteiger charge is 2.05. The topological polar surface area (TPSA) is 50.7 Å². The van der Waals surface area contributed by atoms with Crippen LogP contribution in [0.3, 0.4) is 0 Å². The van der Waals surface area contributed by atoms with Gasteiger partial charge in [-0.25, -0.2) is 0 Å². The highest BCUT2D eigenvalue weighted by molar-refractivity contribution is 5.87. The molecule has 0 spiro atoms. The Bertz CT molecular complexity index is 221. The Hall–Kier alpha value is -1.32. The zero-order chi connectivity index (χ0) is 8.81. The van der Waals surface area contributed by atoms with Crippen molar-refractivity contribution in [1.29, 1.82) is 0 Å². The quantitative estimate of drug-likeness (QED) is 0.623. The first kappa shape index (κ1) is 8.77. The molecule has 4 nitrogen and oxygen atoms in total. The van der Waals surface area contributed by atoms with Crippen LogP contribution in [0.15, 0.2) is 16.8 Å². The van der Waals surface area contributed by atoms with Crippen molar-refractivity contribution in [3.63, 3.8) is 0 Å². The van der Waals surface area contributed by atoms with E-state index >= 15 is 0 Å². The number of aliphatic imine (C=N–C) groups is 1. The molecule has 1 aliphatic heterocycles. The van der Waals surface area contributed by atoms with Crippen molar-refractivity contribution in [1.82, 2.24) is 5.32 Å². The molecule has 0 amide bonds. The molecule has 4 heteroatoms. The molecule has 1 N–H and O–H groups in total. The third-order valence-corrected chi connectivity index (χ3v) is 1.38. The van der Waals surface area contributed by atoms with Gasteiger partial charge < -0.3 is 10.1 Å². The van der Waals surface area contributed by atoms with Crippen molar-refractivity contribution in [3.05, 3.63) is 11.8 Å². The second-order valence-electron chi connectivity index (χ2n) is 2.37. The number of rotatable bonds is 3. The fourth-order valence-corrected chi connectivity index (χ4v) is 0.905. The average Bonchev–Trinajstić information content (AvgIpc) is 2.06. The number of carbonyl (C=O) groups is 1. The minimum atomic E-state index is -0.209. The maximum absolute atomic E-state index is 11.0. The first-order chi connectivity index (χ1) is 5.83. The van der Waals surface area contributed by atoms with Gasteiger partial charge in [-0.05, 0) is 12.5 Å². The van der Waals surface area contributed by atoms with Gasteiger partial charge in [-0.1, -0.05) is 0 Å². The number of nitrogens with zero attached hydrogens (tertiary/aromatic N) is 1. The lowest BCUT2D eigenvalue weighted by atomic mass is 10.2. The monoisotopic (exact) mass is 168 g/mol. The summed E-state index contributed by atoms with van der Waals surface area (Å²) in [5, 5.41) is 2.91. The molecule has 0 saturated carbocycles. The predicted molar refractivity (Wildman–Crippen MR) is 45.8 cm³/mol. The summed E-state index contributed by atoms with van der Waals surface area (Å²) in [4.78, 5) is 14.9. The molecule has 0 aromatic carbocycles. The van der Waals surface area contributed by atoms with Gasteiger partial charge in [0.15, 0.2) is 0 Å². The molecule has 1 heterocycles. The van der Waals surface area contributed by atoms with Crippen molar-refractivity contribution >= 4 is 12.2 Å². The van der Waals surface area contributed by atoms with Crippen LogP contribution in [0.4, 0.5) is 0 Å². The fourth-order valence-electron chi connectivity index (χ4n) is 0.905. The molecule has 0 saturated heterocycles. The van der Waals surface area contributed by atoms with Crippen LogP contribution in [0.2, 0.25) is 0 Å². The van der Waals surface area contributed by atoms with E-state index in [1.807, 2.05) is 0 Å². The third kappa shape index (κ3) is 2.74. The zero-order valence-electron chi connectivity index (χ0n) is 7.04. The van der Waals surface area contributed by atoms with Crippen LogP contribution in [-0.2, 0) is 9.53 Å². The smallest absolute Gasteiger partial charge is 0.310 e. The van der Waals surface area contributed by atoms with Crippen LogP contribution in [-0.4, -0.2) is 25.5 Å². The molecule has 1 aliphatic rings. The first-order valence-electron chi connectivity index (χ1n) is 3.91. The third-order valence-electron chi connectivity index (χ3n) is 1.38. The Morgan fingerprint density at radius 1 is 1.83 bits per heavy atom. The van der Waals surface area contributed by atoms with Gasteiger partial charge in [-0.3, -0.25) is 9.79 Å². The molecule has 0 unspecified atom stereocenters. The van der Waals surface area contributed by atoms with Gasteiger partial charge in [0.2, 0.25) is 0 Å². The Morgan fingerprint density at radius 3 is 3.25 bits per heavy atom. The van der Waals surface area contributed by atoms with E-state index in [9.17, 15) is 4.79 Å². The Labute approximate surface area is 71.3 Å². The first-order valence-corrected chi connectivity index (χ1v) is 3.91. The van der Waals surface area contributed by atoms with Crippen LogP contribution >= 0.6 is 0 Å². The van der Waals surface area contributed by atoms with Crippen molar-refractivity contribution in [2.75, 3.05) is 13.3 Å². The van der Waals surface area contributed by atoms with Crippen LogP contribution in [0.25, 0.3) is 0 Å². The predicted octanol–water partition coefficient (Wildman–Crippen LogP) is 0.455. The number of ether oxygens (including phenoxy) is 1. The normalized spacial score (nSPS) is 14.9. The van der Waals surface area contributed by atoms with E-state index in [0.717, 1.165) is 5.57 Å². The molecule has 0 bridgehead atoms. The molecular weight excluding hydrogens is 156 g/mol. The summed E-state index contributed by atoms with van der Waals surface area (Å²) in [7, 11) is 0. The van der Waals surface area contributed by atoms with E-state index < -0.39 is 0 Å². The van der Waals surface area contributed by atoms with Crippen LogP contribution < -0.4 is 5.32 Å². The molecule has 0 atom stereocenters. The van der Waals surface area contributed by atoms with E-state index in [-0.39, 0.29) is 5.97 Å². The molecule has 0 aliphatic carbocycles. The second kappa shape index (κ2) is 4.54. The van der Waals surface area contributed by atoms with Crippen molar-refractivity contribution in [3.8, 4) is 0 Å². The maximum Gasteiger partial charge on any atom is 0.310 e. The molecular formula is C8H12N2O2. The van der Waals surface area contributed by atoms with E-state index in [1.165, 1.54) is 0 Å². The minimum absolute atomic E-state index is 0.209. The lowest BCUT2D eigenvalue weighted by molar-refractivity contribution is -0.142. The van der Waals surface area contributed by atoms with E-state index in [4.69, 9.17) is 4.74 Å². The fraction of sp³-hybridized carbons (Fsp3) is 0.500. The lowest BCUT2D eigenvalue weighted by Gasteiger charge is -2.06. The Kier molecular flexibility index (Phi) is 3.32. The summed E-state index contributed by atoms with van der Waals surface area (Å²) in [6.07, 6.45) is 3.77. The van der Waals surface area contributed by atoms with E-state index in [0.29, 0.717) is 19.7 Å². The number of hydrogen-bond acceptors (Lipinski definition) is 4. The number of nitrogens with one attached hydrogen (secondary N) is 1. The molecule has 1 rings (SSSR count). The molecule has 0 radical (unpaired) electrons. The molecule has 66 valence electrons. The van der Waals surface area contributed by atoms with E-state index in [2.05, 4.69) is 10.3 Å². The Morgan fingerprint density at radius 2 is 2.67 bits per heavy atom. The highest BCUT2D eigenvalue weighted by Crippen LogP contribution is 2.01. The summed E-state index contributed by atoms with van der Waals surface area (Å²) in [6.45, 7) is 2.81. The van der Waals surface area contributed by atoms with Gasteiger partial charge in [0.25, 0.3) is 0 Å². The van der Waals surface area contributed by atoms with Crippen LogP contribution in [0.5, 0.6) is 0 Å². The van der Waals surface area contributed by atoms with Crippen LogP contribution in [0, 0.1) is 0 Å². The summed E-state index contributed by atoms with van der Waals surface area (Å²) < 4.78 is 4.78. The number of esters is 1. The van der Waals surface area contributed by atoms with Crippen molar-refractivity contribution in [2.24, 2.45) is 4.99 Å².